The highest BCUT2D eigenvalue weighted by Crippen LogP contribution is 2.23. The fourth-order valence-corrected chi connectivity index (χ4v) is 3.16. The van der Waals surface area contributed by atoms with E-state index in [0.29, 0.717) is 25.6 Å². The van der Waals surface area contributed by atoms with Crippen molar-refractivity contribution in [3.8, 4) is 0 Å². The Hall–Kier alpha value is -2.44. The van der Waals surface area contributed by atoms with Gasteiger partial charge in [-0.15, -0.1) is 0 Å². The van der Waals surface area contributed by atoms with Gasteiger partial charge in [0.15, 0.2) is 5.96 Å². The van der Waals surface area contributed by atoms with E-state index < -0.39 is 11.7 Å². The number of carbonyl (C=O) groups excluding carboxylic acids is 1. The van der Waals surface area contributed by atoms with Crippen molar-refractivity contribution in [2.75, 3.05) is 38.1 Å². The number of guanidine groups is 1. The standard InChI is InChI=1S/C22H37N5O2/c1-17-10-14-27(15-11-17)19-8-6-18(7-9-19)16-26-20(23-5)24-12-13-25-21(28)29-22(2,3)4/h6-9,17H,10-16H2,1-5H3,(H,25,28)(H2,23,24,26). The summed E-state index contributed by atoms with van der Waals surface area (Å²) in [5.41, 5.74) is 2.02. The van der Waals surface area contributed by atoms with E-state index in [1.165, 1.54) is 24.1 Å². The zero-order chi connectivity index (χ0) is 21.3. The van der Waals surface area contributed by atoms with Crippen LogP contribution in [0.1, 0.15) is 46.1 Å². The fraction of sp³-hybridized carbons (Fsp3) is 0.636. The summed E-state index contributed by atoms with van der Waals surface area (Å²) < 4.78 is 5.21. The Kier molecular flexibility index (Phi) is 8.61. The van der Waals surface area contributed by atoms with E-state index in [0.717, 1.165) is 19.0 Å². The average Bonchev–Trinajstić information content (AvgIpc) is 2.67. The number of carbonyl (C=O) groups is 1. The van der Waals surface area contributed by atoms with E-state index in [4.69, 9.17) is 4.74 Å². The molecule has 1 aliphatic heterocycles. The lowest BCUT2D eigenvalue weighted by Crippen LogP contribution is -2.42. The van der Waals surface area contributed by atoms with Crippen LogP contribution in [-0.2, 0) is 11.3 Å². The number of anilines is 1. The molecule has 0 atom stereocenters. The first-order valence-electron chi connectivity index (χ1n) is 10.5. The van der Waals surface area contributed by atoms with Crippen LogP contribution in [-0.4, -0.2) is 50.9 Å². The van der Waals surface area contributed by atoms with Crippen LogP contribution in [0.15, 0.2) is 29.3 Å². The minimum absolute atomic E-state index is 0.412. The average molecular weight is 404 g/mol. The maximum Gasteiger partial charge on any atom is 0.407 e. The molecule has 162 valence electrons. The number of hydrogen-bond acceptors (Lipinski definition) is 4. The van der Waals surface area contributed by atoms with Crippen LogP contribution in [0.4, 0.5) is 10.5 Å². The third-order valence-electron chi connectivity index (χ3n) is 4.85. The summed E-state index contributed by atoms with van der Waals surface area (Å²) in [7, 11) is 1.73. The van der Waals surface area contributed by atoms with E-state index in [2.05, 4.69) is 57.0 Å². The highest BCUT2D eigenvalue weighted by Gasteiger charge is 2.16. The van der Waals surface area contributed by atoms with Crippen LogP contribution >= 0.6 is 0 Å². The SMILES string of the molecule is CN=C(NCCNC(=O)OC(C)(C)C)NCc1ccc(N2CCC(C)CC2)cc1. The Balaban J connectivity index is 1.69. The summed E-state index contributed by atoms with van der Waals surface area (Å²) in [6.07, 6.45) is 2.13. The molecule has 1 amide bonds. The second kappa shape index (κ2) is 10.9. The van der Waals surface area contributed by atoms with Crippen molar-refractivity contribution in [3.63, 3.8) is 0 Å². The number of benzene rings is 1. The van der Waals surface area contributed by atoms with Gasteiger partial charge in [0.25, 0.3) is 0 Å². The summed E-state index contributed by atoms with van der Waals surface area (Å²) >= 11 is 0. The molecule has 0 saturated carbocycles. The highest BCUT2D eigenvalue weighted by atomic mass is 16.6. The van der Waals surface area contributed by atoms with Gasteiger partial charge >= 0.3 is 6.09 Å². The van der Waals surface area contributed by atoms with Gasteiger partial charge in [-0.2, -0.15) is 0 Å². The first kappa shape index (κ1) is 22.8. The summed E-state index contributed by atoms with van der Waals surface area (Å²) in [4.78, 5) is 18.3. The van der Waals surface area contributed by atoms with Gasteiger partial charge in [-0.05, 0) is 57.2 Å². The lowest BCUT2D eigenvalue weighted by molar-refractivity contribution is 0.0529. The molecule has 29 heavy (non-hydrogen) atoms. The topological polar surface area (TPSA) is 78.0 Å². The van der Waals surface area contributed by atoms with Crippen molar-refractivity contribution in [3.05, 3.63) is 29.8 Å². The van der Waals surface area contributed by atoms with Gasteiger partial charge in [-0.25, -0.2) is 4.79 Å². The molecule has 1 fully saturated rings. The molecule has 1 saturated heterocycles. The minimum atomic E-state index is -0.489. The van der Waals surface area contributed by atoms with Crippen LogP contribution in [0.3, 0.4) is 0 Å². The molecule has 1 aromatic rings. The number of rotatable bonds is 6. The first-order valence-corrected chi connectivity index (χ1v) is 10.5. The maximum atomic E-state index is 11.6. The molecule has 0 unspecified atom stereocenters. The highest BCUT2D eigenvalue weighted by molar-refractivity contribution is 5.79. The number of hydrogen-bond donors (Lipinski definition) is 3. The molecule has 7 nitrogen and oxygen atoms in total. The molecule has 1 aromatic carbocycles. The van der Waals surface area contributed by atoms with Gasteiger partial charge in [0, 0.05) is 45.5 Å². The molecular formula is C22H37N5O2. The van der Waals surface area contributed by atoms with Crippen molar-refractivity contribution in [1.29, 1.82) is 0 Å². The normalized spacial score (nSPS) is 15.8. The van der Waals surface area contributed by atoms with Crippen LogP contribution in [0.5, 0.6) is 0 Å². The van der Waals surface area contributed by atoms with Crippen molar-refractivity contribution in [2.24, 2.45) is 10.9 Å². The Morgan fingerprint density at radius 1 is 1.10 bits per heavy atom. The molecule has 0 radical (unpaired) electrons. The van der Waals surface area contributed by atoms with Gasteiger partial charge in [0.05, 0.1) is 0 Å². The lowest BCUT2D eigenvalue weighted by Gasteiger charge is -2.32. The molecule has 3 N–H and O–H groups in total. The molecule has 0 aromatic heterocycles. The number of amides is 1. The number of aliphatic imine (C=N–C) groups is 1. The summed E-state index contributed by atoms with van der Waals surface area (Å²) in [5.74, 6) is 1.54. The second-order valence-electron chi connectivity index (χ2n) is 8.62. The molecule has 1 aliphatic rings. The number of alkyl carbamates (subject to hydrolysis) is 1. The zero-order valence-corrected chi connectivity index (χ0v) is 18.5. The third-order valence-corrected chi connectivity index (χ3v) is 4.85. The lowest BCUT2D eigenvalue weighted by atomic mass is 9.99. The molecule has 2 rings (SSSR count). The van der Waals surface area contributed by atoms with Gasteiger partial charge < -0.3 is 25.6 Å². The Bertz CT molecular complexity index is 659. The molecule has 0 spiro atoms. The number of piperidine rings is 1. The first-order chi connectivity index (χ1) is 13.8. The third kappa shape index (κ3) is 8.62. The number of ether oxygens (including phenoxy) is 1. The molecule has 1 heterocycles. The summed E-state index contributed by atoms with van der Waals surface area (Å²) in [6.45, 7) is 11.9. The molecule has 0 bridgehead atoms. The number of nitrogens with zero attached hydrogens (tertiary/aromatic N) is 2. The number of nitrogens with one attached hydrogen (secondary N) is 3. The van der Waals surface area contributed by atoms with Gasteiger partial charge in [0.1, 0.15) is 5.60 Å². The quantitative estimate of drug-likeness (QED) is 0.386. The van der Waals surface area contributed by atoms with Gasteiger partial charge in [0.2, 0.25) is 0 Å². The fourth-order valence-electron chi connectivity index (χ4n) is 3.16. The molecular weight excluding hydrogens is 366 g/mol. The van der Waals surface area contributed by atoms with Gasteiger partial charge in [-0.1, -0.05) is 19.1 Å². The maximum absolute atomic E-state index is 11.6. The predicted octanol–water partition coefficient (Wildman–Crippen LogP) is 3.11. The van der Waals surface area contributed by atoms with Crippen LogP contribution in [0.25, 0.3) is 0 Å². The van der Waals surface area contributed by atoms with Crippen molar-refractivity contribution >= 4 is 17.7 Å². The van der Waals surface area contributed by atoms with Crippen LogP contribution in [0, 0.1) is 5.92 Å². The Morgan fingerprint density at radius 2 is 1.72 bits per heavy atom. The van der Waals surface area contributed by atoms with E-state index >= 15 is 0 Å². The Morgan fingerprint density at radius 3 is 2.31 bits per heavy atom. The van der Waals surface area contributed by atoms with Crippen LogP contribution < -0.4 is 20.9 Å². The minimum Gasteiger partial charge on any atom is -0.444 e. The predicted molar refractivity (Wildman–Crippen MR) is 119 cm³/mol. The largest absolute Gasteiger partial charge is 0.444 e. The van der Waals surface area contributed by atoms with E-state index in [-0.39, 0.29) is 0 Å². The molecule has 7 heteroatoms. The van der Waals surface area contributed by atoms with E-state index in [1.807, 2.05) is 20.8 Å². The van der Waals surface area contributed by atoms with Crippen LogP contribution in [0.2, 0.25) is 0 Å². The van der Waals surface area contributed by atoms with Crippen molar-refractivity contribution < 1.29 is 9.53 Å². The smallest absolute Gasteiger partial charge is 0.407 e. The Labute approximate surface area is 175 Å². The monoisotopic (exact) mass is 403 g/mol. The van der Waals surface area contributed by atoms with E-state index in [9.17, 15) is 4.79 Å². The van der Waals surface area contributed by atoms with E-state index in [1.54, 1.807) is 7.05 Å². The summed E-state index contributed by atoms with van der Waals surface area (Å²) in [6, 6.07) is 8.73. The molecule has 0 aliphatic carbocycles. The zero-order valence-electron chi connectivity index (χ0n) is 18.5. The second-order valence-corrected chi connectivity index (χ2v) is 8.62. The van der Waals surface area contributed by atoms with Crippen molar-refractivity contribution in [2.45, 2.75) is 52.7 Å². The van der Waals surface area contributed by atoms with Gasteiger partial charge in [-0.3, -0.25) is 4.99 Å². The summed E-state index contributed by atoms with van der Waals surface area (Å²) in [5, 5.41) is 9.21. The van der Waals surface area contributed by atoms with Crippen molar-refractivity contribution in [1.82, 2.24) is 16.0 Å².